The van der Waals surface area contributed by atoms with Crippen LogP contribution < -0.4 is 5.32 Å². The summed E-state index contributed by atoms with van der Waals surface area (Å²) in [6.45, 7) is 2.66. The highest BCUT2D eigenvalue weighted by Gasteiger charge is 2.31. The van der Waals surface area contributed by atoms with Crippen LogP contribution in [0.1, 0.15) is 41.8 Å². The second-order valence-electron chi connectivity index (χ2n) is 6.59. The molecule has 0 spiro atoms. The maximum Gasteiger partial charge on any atom is 0.339 e. The fourth-order valence-electron chi connectivity index (χ4n) is 2.91. The number of hydrogen-bond donors (Lipinski definition) is 1. The van der Waals surface area contributed by atoms with Gasteiger partial charge in [-0.2, -0.15) is 0 Å². The molecular formula is C20H20N4O3. The van der Waals surface area contributed by atoms with Gasteiger partial charge in [0, 0.05) is 18.2 Å². The first-order valence-electron chi connectivity index (χ1n) is 9.05. The quantitative estimate of drug-likeness (QED) is 0.680. The lowest BCUT2D eigenvalue weighted by atomic mass is 10.1. The molecular weight excluding hydrogens is 344 g/mol. The topological polar surface area (TPSA) is 86.1 Å². The number of aromatic nitrogens is 3. The zero-order valence-electron chi connectivity index (χ0n) is 15.0. The van der Waals surface area contributed by atoms with Crippen LogP contribution in [-0.2, 0) is 16.1 Å². The molecule has 0 bridgehead atoms. The fraction of sp³-hybridized carbons (Fsp3) is 0.300. The SMILES string of the molecule is CCn1nnc2cc(C(=O)O[C@@H](C(=O)NC3CC3)c3ccccc3)ccc21. The predicted octanol–water partition coefficient (Wildman–Crippen LogP) is 2.63. The number of hydrogen-bond acceptors (Lipinski definition) is 5. The van der Waals surface area contributed by atoms with Crippen molar-refractivity contribution in [3.63, 3.8) is 0 Å². The number of esters is 1. The lowest BCUT2D eigenvalue weighted by molar-refractivity contribution is -0.130. The van der Waals surface area contributed by atoms with E-state index < -0.39 is 12.1 Å². The number of amides is 1. The van der Waals surface area contributed by atoms with E-state index in [9.17, 15) is 9.59 Å². The van der Waals surface area contributed by atoms with Gasteiger partial charge in [0.15, 0.2) is 0 Å². The Labute approximate surface area is 156 Å². The second kappa shape index (κ2) is 7.19. The first-order chi connectivity index (χ1) is 13.2. The van der Waals surface area contributed by atoms with E-state index in [2.05, 4.69) is 15.6 Å². The molecule has 1 heterocycles. The summed E-state index contributed by atoms with van der Waals surface area (Å²) < 4.78 is 7.34. The van der Waals surface area contributed by atoms with Gasteiger partial charge in [0.1, 0.15) is 5.52 Å². The van der Waals surface area contributed by atoms with Crippen molar-refractivity contribution in [1.82, 2.24) is 20.3 Å². The van der Waals surface area contributed by atoms with Gasteiger partial charge in [0.05, 0.1) is 11.1 Å². The first-order valence-corrected chi connectivity index (χ1v) is 9.05. The molecule has 0 radical (unpaired) electrons. The minimum atomic E-state index is -0.985. The van der Waals surface area contributed by atoms with Crippen molar-refractivity contribution in [1.29, 1.82) is 0 Å². The van der Waals surface area contributed by atoms with E-state index in [4.69, 9.17) is 4.74 Å². The molecule has 4 rings (SSSR count). The fourth-order valence-corrected chi connectivity index (χ4v) is 2.91. The molecule has 7 heteroatoms. The van der Waals surface area contributed by atoms with Gasteiger partial charge >= 0.3 is 5.97 Å². The third-order valence-corrected chi connectivity index (χ3v) is 4.54. The number of carbonyl (C=O) groups excluding carboxylic acids is 2. The molecule has 1 amide bonds. The zero-order chi connectivity index (χ0) is 18.8. The van der Waals surface area contributed by atoms with E-state index in [0.29, 0.717) is 23.2 Å². The van der Waals surface area contributed by atoms with Gasteiger partial charge in [-0.05, 0) is 38.0 Å². The first kappa shape index (κ1) is 17.2. The van der Waals surface area contributed by atoms with E-state index >= 15 is 0 Å². The predicted molar refractivity (Wildman–Crippen MR) is 99.0 cm³/mol. The van der Waals surface area contributed by atoms with Crippen LogP contribution in [0.3, 0.4) is 0 Å². The summed E-state index contributed by atoms with van der Waals surface area (Å²) in [7, 11) is 0. The van der Waals surface area contributed by atoms with E-state index in [1.54, 1.807) is 35.0 Å². The second-order valence-corrected chi connectivity index (χ2v) is 6.59. The maximum atomic E-state index is 12.7. The van der Waals surface area contributed by atoms with Crippen LogP contribution in [0.15, 0.2) is 48.5 Å². The summed E-state index contributed by atoms with van der Waals surface area (Å²) in [6, 6.07) is 14.3. The Balaban J connectivity index is 1.58. The van der Waals surface area contributed by atoms with Gasteiger partial charge in [-0.25, -0.2) is 9.48 Å². The molecule has 1 aromatic heterocycles. The van der Waals surface area contributed by atoms with Gasteiger partial charge < -0.3 is 10.1 Å². The van der Waals surface area contributed by atoms with Gasteiger partial charge in [-0.3, -0.25) is 4.79 Å². The van der Waals surface area contributed by atoms with Crippen LogP contribution in [0.25, 0.3) is 11.0 Å². The molecule has 1 N–H and O–H groups in total. The van der Waals surface area contributed by atoms with Gasteiger partial charge in [0.2, 0.25) is 6.10 Å². The Hall–Kier alpha value is -3.22. The summed E-state index contributed by atoms with van der Waals surface area (Å²) in [6.07, 6.45) is 0.942. The van der Waals surface area contributed by atoms with Crippen LogP contribution in [0.5, 0.6) is 0 Å². The Bertz CT molecular complexity index is 979. The third kappa shape index (κ3) is 3.67. The molecule has 7 nitrogen and oxygen atoms in total. The lowest BCUT2D eigenvalue weighted by Gasteiger charge is -2.18. The molecule has 1 aliphatic carbocycles. The number of fused-ring (bicyclic) bond motifs is 1. The molecule has 1 saturated carbocycles. The van der Waals surface area contributed by atoms with Crippen molar-refractivity contribution < 1.29 is 14.3 Å². The molecule has 3 aromatic rings. The number of aryl methyl sites for hydroxylation is 1. The van der Waals surface area contributed by atoms with Crippen molar-refractivity contribution in [2.75, 3.05) is 0 Å². The van der Waals surface area contributed by atoms with Gasteiger partial charge in [0.25, 0.3) is 5.91 Å². The van der Waals surface area contributed by atoms with Crippen LogP contribution in [0, 0.1) is 0 Å². The summed E-state index contributed by atoms with van der Waals surface area (Å²) in [5.41, 5.74) is 2.44. The number of ether oxygens (including phenoxy) is 1. The van der Waals surface area contributed by atoms with E-state index in [1.165, 1.54) is 0 Å². The largest absolute Gasteiger partial charge is 0.444 e. The normalized spacial score (nSPS) is 14.7. The zero-order valence-corrected chi connectivity index (χ0v) is 15.0. The van der Waals surface area contributed by atoms with E-state index in [1.807, 2.05) is 25.1 Å². The number of nitrogens with zero attached hydrogens (tertiary/aromatic N) is 3. The monoisotopic (exact) mass is 364 g/mol. The van der Waals surface area contributed by atoms with Crippen molar-refractivity contribution in [2.45, 2.75) is 38.5 Å². The molecule has 138 valence electrons. The molecule has 27 heavy (non-hydrogen) atoms. The van der Waals surface area contributed by atoms with E-state index in [-0.39, 0.29) is 11.9 Å². The van der Waals surface area contributed by atoms with Crippen LogP contribution >= 0.6 is 0 Å². The summed E-state index contributed by atoms with van der Waals surface area (Å²) in [4.78, 5) is 25.3. The molecule has 0 saturated heterocycles. The highest BCUT2D eigenvalue weighted by atomic mass is 16.5. The number of carbonyl (C=O) groups is 2. The Morgan fingerprint density at radius 2 is 2.00 bits per heavy atom. The molecule has 1 fully saturated rings. The number of rotatable bonds is 6. The van der Waals surface area contributed by atoms with Crippen LogP contribution in [0.2, 0.25) is 0 Å². The molecule has 0 aliphatic heterocycles. The Morgan fingerprint density at radius 3 is 2.70 bits per heavy atom. The van der Waals surface area contributed by atoms with Crippen LogP contribution in [-0.4, -0.2) is 32.9 Å². The average molecular weight is 364 g/mol. The number of benzene rings is 2. The van der Waals surface area contributed by atoms with Gasteiger partial charge in [-0.15, -0.1) is 5.10 Å². The molecule has 2 aromatic carbocycles. The highest BCUT2D eigenvalue weighted by molar-refractivity contribution is 5.95. The molecule has 0 unspecified atom stereocenters. The standard InChI is InChI=1S/C20H20N4O3/c1-2-24-17-11-8-14(12-16(17)22-23-24)20(26)27-18(13-6-4-3-5-7-13)19(25)21-15-9-10-15/h3-8,11-12,15,18H,2,9-10H2,1H3,(H,21,25)/t18-/m1/s1. The van der Waals surface area contributed by atoms with Crippen molar-refractivity contribution in [3.05, 3.63) is 59.7 Å². The van der Waals surface area contributed by atoms with Crippen LogP contribution in [0.4, 0.5) is 0 Å². The van der Waals surface area contributed by atoms with Crippen molar-refractivity contribution in [2.24, 2.45) is 0 Å². The summed E-state index contributed by atoms with van der Waals surface area (Å²) in [5.74, 6) is -0.863. The van der Waals surface area contributed by atoms with Crippen molar-refractivity contribution >= 4 is 22.9 Å². The maximum absolute atomic E-state index is 12.7. The third-order valence-electron chi connectivity index (χ3n) is 4.54. The minimum Gasteiger partial charge on any atom is -0.444 e. The summed E-state index contributed by atoms with van der Waals surface area (Å²) >= 11 is 0. The van der Waals surface area contributed by atoms with Gasteiger partial charge in [-0.1, -0.05) is 35.5 Å². The Kier molecular flexibility index (Phi) is 4.58. The van der Waals surface area contributed by atoms with E-state index in [0.717, 1.165) is 18.4 Å². The smallest absolute Gasteiger partial charge is 0.339 e. The Morgan fingerprint density at radius 1 is 1.22 bits per heavy atom. The number of nitrogens with one attached hydrogen (secondary N) is 1. The van der Waals surface area contributed by atoms with Crippen molar-refractivity contribution in [3.8, 4) is 0 Å². The molecule has 1 aliphatic rings. The highest BCUT2D eigenvalue weighted by Crippen LogP contribution is 2.24. The summed E-state index contributed by atoms with van der Waals surface area (Å²) in [5, 5.41) is 11.0. The average Bonchev–Trinajstić information content (AvgIpc) is 3.41. The molecule has 1 atom stereocenters. The minimum absolute atomic E-state index is 0.183. The lowest BCUT2D eigenvalue weighted by Crippen LogP contribution is -2.33.